The molecule has 10 heteroatoms. The van der Waals surface area contributed by atoms with Gasteiger partial charge in [0.05, 0.1) is 17.8 Å². The standard InChI is InChI=1S/C12H15ClN2O6S/c1-4-22(19,20)14(8(2)12(13)16)10-7-9(15(17)18)5-6-11(10)21-3/h5-8H,4H2,1-3H3. The van der Waals surface area contributed by atoms with Crippen LogP contribution >= 0.6 is 11.6 Å². The van der Waals surface area contributed by atoms with Crippen LogP contribution < -0.4 is 9.04 Å². The van der Waals surface area contributed by atoms with Gasteiger partial charge in [-0.3, -0.25) is 19.2 Å². The van der Waals surface area contributed by atoms with Crippen LogP contribution in [0.25, 0.3) is 0 Å². The Hall–Kier alpha value is -1.87. The Bertz CT molecular complexity index is 691. The van der Waals surface area contributed by atoms with Gasteiger partial charge in [-0.2, -0.15) is 0 Å². The Morgan fingerprint density at radius 1 is 1.50 bits per heavy atom. The maximum Gasteiger partial charge on any atom is 0.271 e. The van der Waals surface area contributed by atoms with Gasteiger partial charge in [0.15, 0.2) is 0 Å². The Morgan fingerprint density at radius 2 is 2.09 bits per heavy atom. The summed E-state index contributed by atoms with van der Waals surface area (Å²) in [6.07, 6.45) is 0. The monoisotopic (exact) mass is 350 g/mol. The number of nitrogens with zero attached hydrogens (tertiary/aromatic N) is 2. The number of halogens is 1. The molecule has 0 fully saturated rings. The van der Waals surface area contributed by atoms with E-state index >= 15 is 0 Å². The van der Waals surface area contributed by atoms with Gasteiger partial charge in [0, 0.05) is 12.1 Å². The van der Waals surface area contributed by atoms with Crippen LogP contribution in [-0.2, 0) is 14.8 Å². The maximum absolute atomic E-state index is 12.3. The van der Waals surface area contributed by atoms with Crippen LogP contribution in [0.2, 0.25) is 0 Å². The summed E-state index contributed by atoms with van der Waals surface area (Å²) in [4.78, 5) is 21.7. The molecular formula is C12H15ClN2O6S. The summed E-state index contributed by atoms with van der Waals surface area (Å²) in [6, 6.07) is 2.23. The molecule has 8 nitrogen and oxygen atoms in total. The lowest BCUT2D eigenvalue weighted by Crippen LogP contribution is -2.43. The minimum Gasteiger partial charge on any atom is -0.495 e. The van der Waals surface area contributed by atoms with Crippen molar-refractivity contribution in [2.75, 3.05) is 17.2 Å². The van der Waals surface area contributed by atoms with Crippen LogP contribution in [0.15, 0.2) is 18.2 Å². The van der Waals surface area contributed by atoms with Crippen LogP contribution in [0.1, 0.15) is 13.8 Å². The van der Waals surface area contributed by atoms with Gasteiger partial charge in [-0.15, -0.1) is 0 Å². The van der Waals surface area contributed by atoms with E-state index in [4.69, 9.17) is 16.3 Å². The minimum atomic E-state index is -3.91. The quantitative estimate of drug-likeness (QED) is 0.422. The van der Waals surface area contributed by atoms with E-state index in [-0.39, 0.29) is 22.9 Å². The number of methoxy groups -OCH3 is 1. The van der Waals surface area contributed by atoms with E-state index in [1.807, 2.05) is 0 Å². The zero-order valence-electron chi connectivity index (χ0n) is 12.1. The largest absolute Gasteiger partial charge is 0.495 e. The third kappa shape index (κ3) is 3.66. The summed E-state index contributed by atoms with van der Waals surface area (Å²) in [6.45, 7) is 2.68. The number of carbonyl (C=O) groups is 1. The number of hydrogen-bond acceptors (Lipinski definition) is 6. The number of nitro groups is 1. The highest BCUT2D eigenvalue weighted by Gasteiger charge is 2.33. The van der Waals surface area contributed by atoms with Crippen LogP contribution in [0.3, 0.4) is 0 Å². The van der Waals surface area contributed by atoms with Gasteiger partial charge in [0.2, 0.25) is 15.3 Å². The predicted molar refractivity (Wildman–Crippen MR) is 81.9 cm³/mol. The van der Waals surface area contributed by atoms with E-state index in [0.717, 1.165) is 10.4 Å². The van der Waals surface area contributed by atoms with E-state index in [1.165, 1.54) is 33.1 Å². The number of benzene rings is 1. The van der Waals surface area contributed by atoms with E-state index in [0.29, 0.717) is 0 Å². The summed E-state index contributed by atoms with van der Waals surface area (Å²) in [5.41, 5.74) is -0.443. The van der Waals surface area contributed by atoms with E-state index in [9.17, 15) is 23.3 Å². The topological polar surface area (TPSA) is 107 Å². The molecule has 0 amide bonds. The molecule has 0 saturated heterocycles. The number of non-ortho nitro benzene ring substituents is 1. The summed E-state index contributed by atoms with van der Waals surface area (Å²) in [5, 5.41) is 9.99. The third-order valence-corrected chi connectivity index (χ3v) is 5.11. The van der Waals surface area contributed by atoms with Crippen LogP contribution in [0, 0.1) is 10.1 Å². The summed E-state index contributed by atoms with van der Waals surface area (Å²) >= 11 is 5.41. The molecule has 1 aromatic rings. The van der Waals surface area contributed by atoms with Crippen LogP contribution in [-0.4, -0.2) is 37.5 Å². The summed E-state index contributed by atoms with van der Waals surface area (Å²) < 4.78 is 30.4. The molecule has 0 radical (unpaired) electrons. The number of carbonyl (C=O) groups excluding carboxylic acids is 1. The number of sulfonamides is 1. The molecule has 0 aliphatic heterocycles. The van der Waals surface area contributed by atoms with E-state index < -0.39 is 26.2 Å². The number of rotatable bonds is 7. The minimum absolute atomic E-state index is 0.0763. The summed E-state index contributed by atoms with van der Waals surface area (Å²) in [7, 11) is -2.62. The van der Waals surface area contributed by atoms with Gasteiger partial charge in [-0.05, 0) is 31.5 Å². The molecule has 0 aromatic heterocycles. The van der Waals surface area contributed by atoms with Crippen molar-refractivity contribution in [3.63, 3.8) is 0 Å². The van der Waals surface area contributed by atoms with Crippen molar-refractivity contribution in [1.29, 1.82) is 0 Å². The van der Waals surface area contributed by atoms with E-state index in [1.54, 1.807) is 0 Å². The molecule has 0 N–H and O–H groups in total. The van der Waals surface area contributed by atoms with Gasteiger partial charge in [-0.25, -0.2) is 8.42 Å². The van der Waals surface area contributed by atoms with Crippen molar-refractivity contribution in [3.05, 3.63) is 28.3 Å². The van der Waals surface area contributed by atoms with Crippen molar-refractivity contribution in [2.24, 2.45) is 0 Å². The van der Waals surface area contributed by atoms with Crippen molar-refractivity contribution in [2.45, 2.75) is 19.9 Å². The average Bonchev–Trinajstić information content (AvgIpc) is 2.46. The Morgan fingerprint density at radius 3 is 2.50 bits per heavy atom. The van der Waals surface area contributed by atoms with E-state index in [2.05, 4.69) is 0 Å². The average molecular weight is 351 g/mol. The molecule has 1 aromatic carbocycles. The molecule has 0 aliphatic carbocycles. The normalized spacial score (nSPS) is 12.5. The zero-order chi connectivity index (χ0) is 17.1. The first-order chi connectivity index (χ1) is 10.2. The first-order valence-electron chi connectivity index (χ1n) is 6.19. The van der Waals surface area contributed by atoms with Crippen molar-refractivity contribution >= 4 is 38.2 Å². The fourth-order valence-electron chi connectivity index (χ4n) is 1.79. The Kier molecular flexibility index (Phi) is 5.72. The third-order valence-electron chi connectivity index (χ3n) is 2.96. The van der Waals surface area contributed by atoms with Crippen LogP contribution in [0.5, 0.6) is 5.75 Å². The number of ether oxygens (including phenoxy) is 1. The Balaban J connectivity index is 3.64. The molecule has 1 atom stereocenters. The predicted octanol–water partition coefficient (Wildman–Crippen LogP) is 1.91. The molecule has 1 unspecified atom stereocenters. The second-order valence-corrected chi connectivity index (χ2v) is 6.80. The second kappa shape index (κ2) is 6.93. The molecule has 0 aliphatic rings. The lowest BCUT2D eigenvalue weighted by molar-refractivity contribution is -0.384. The fraction of sp³-hybridized carbons (Fsp3) is 0.417. The summed E-state index contributed by atoms with van der Waals surface area (Å²) in [5.74, 6) is -0.236. The number of anilines is 1. The SMILES string of the molecule is CCS(=O)(=O)N(c1cc([N+](=O)[O-])ccc1OC)C(C)C(=O)Cl. The molecule has 22 heavy (non-hydrogen) atoms. The zero-order valence-corrected chi connectivity index (χ0v) is 13.7. The fourth-order valence-corrected chi connectivity index (χ4v) is 3.25. The molecule has 0 heterocycles. The molecule has 0 saturated carbocycles. The van der Waals surface area contributed by atoms with Gasteiger partial charge in [0.25, 0.3) is 5.69 Å². The molecule has 0 spiro atoms. The molecule has 1 rings (SSSR count). The van der Waals surface area contributed by atoms with Crippen LogP contribution in [0.4, 0.5) is 11.4 Å². The smallest absolute Gasteiger partial charge is 0.271 e. The highest BCUT2D eigenvalue weighted by molar-refractivity contribution is 7.92. The number of nitro benzene ring substituents is 1. The van der Waals surface area contributed by atoms with Gasteiger partial charge in [-0.1, -0.05) is 0 Å². The van der Waals surface area contributed by atoms with Gasteiger partial charge >= 0.3 is 0 Å². The maximum atomic E-state index is 12.3. The highest BCUT2D eigenvalue weighted by Crippen LogP contribution is 2.35. The first-order valence-corrected chi connectivity index (χ1v) is 8.18. The molecule has 122 valence electrons. The van der Waals surface area contributed by atoms with Gasteiger partial charge < -0.3 is 4.74 Å². The number of hydrogen-bond donors (Lipinski definition) is 0. The highest BCUT2D eigenvalue weighted by atomic mass is 35.5. The van der Waals surface area contributed by atoms with Crippen molar-refractivity contribution < 1.29 is 22.9 Å². The molecule has 0 bridgehead atoms. The first kappa shape index (κ1) is 18.2. The lowest BCUT2D eigenvalue weighted by atomic mass is 10.2. The lowest BCUT2D eigenvalue weighted by Gasteiger charge is -2.28. The van der Waals surface area contributed by atoms with Gasteiger partial charge in [0.1, 0.15) is 17.5 Å². The Labute approximate surface area is 132 Å². The molecular weight excluding hydrogens is 336 g/mol. The van der Waals surface area contributed by atoms with Crippen molar-refractivity contribution in [3.8, 4) is 5.75 Å². The second-order valence-electron chi connectivity index (χ2n) is 4.29. The van der Waals surface area contributed by atoms with Crippen molar-refractivity contribution in [1.82, 2.24) is 0 Å².